The molecule has 0 rings (SSSR count). The maximum atomic E-state index is 10.6. The first-order valence-corrected chi connectivity index (χ1v) is 6.06. The molecule has 3 heteroatoms. The molecule has 1 nitrogen and oxygen atoms in total. The summed E-state index contributed by atoms with van der Waals surface area (Å²) in [4.78, 5) is 11.2. The quantitative estimate of drug-likeness (QED) is 0.418. The topological polar surface area (TPSA) is 19.9 Å². The van der Waals surface area contributed by atoms with Crippen LogP contribution in [-0.4, -0.2) is 13.3 Å². The zero-order valence-corrected chi connectivity index (χ0v) is 6.58. The van der Waals surface area contributed by atoms with E-state index in [1.165, 1.54) is 0 Å². The first kappa shape index (κ1) is 6.66. The standard InChI is InChI=1S/C3H8BrOSi/c1-6(2,5)3-4/h3H2,1-2H3. The highest BCUT2D eigenvalue weighted by molar-refractivity contribution is 9.09. The van der Waals surface area contributed by atoms with Crippen molar-refractivity contribution in [3.8, 4) is 0 Å². The van der Waals surface area contributed by atoms with Crippen molar-refractivity contribution in [3.05, 3.63) is 0 Å². The Bertz CT molecular complexity index is 40.5. The van der Waals surface area contributed by atoms with Gasteiger partial charge in [0.25, 0.3) is 0 Å². The van der Waals surface area contributed by atoms with E-state index in [-0.39, 0.29) is 0 Å². The fraction of sp³-hybridized carbons (Fsp3) is 1.00. The molecule has 0 amide bonds. The minimum atomic E-state index is -1.96. The van der Waals surface area contributed by atoms with Gasteiger partial charge in [-0.1, -0.05) is 15.9 Å². The molecule has 0 N–H and O–H groups in total. The van der Waals surface area contributed by atoms with E-state index in [2.05, 4.69) is 15.9 Å². The Morgan fingerprint density at radius 2 is 1.83 bits per heavy atom. The molecule has 37 valence electrons. The Morgan fingerprint density at radius 1 is 1.67 bits per heavy atom. The lowest BCUT2D eigenvalue weighted by Crippen LogP contribution is -2.24. The molecule has 0 bridgehead atoms. The molecule has 6 heavy (non-hydrogen) atoms. The van der Waals surface area contributed by atoms with Crippen molar-refractivity contribution in [2.45, 2.75) is 13.1 Å². The van der Waals surface area contributed by atoms with Crippen molar-refractivity contribution >= 4 is 24.2 Å². The zero-order chi connectivity index (χ0) is 5.21. The SMILES string of the molecule is C[Si](C)([O])CBr. The van der Waals surface area contributed by atoms with Gasteiger partial charge in [0.15, 0.2) is 0 Å². The second kappa shape index (κ2) is 2.09. The second-order valence-corrected chi connectivity index (χ2v) is 7.36. The van der Waals surface area contributed by atoms with Gasteiger partial charge in [-0.05, 0) is 13.1 Å². The van der Waals surface area contributed by atoms with Gasteiger partial charge >= 0.3 is 0 Å². The number of rotatable bonds is 1. The number of hydrogen-bond donors (Lipinski definition) is 0. The van der Waals surface area contributed by atoms with E-state index < -0.39 is 8.32 Å². The van der Waals surface area contributed by atoms with Crippen LogP contribution in [-0.2, 0) is 4.80 Å². The van der Waals surface area contributed by atoms with Crippen LogP contribution in [0.1, 0.15) is 0 Å². The molecule has 0 saturated carbocycles. The van der Waals surface area contributed by atoms with Gasteiger partial charge in [0, 0.05) is 4.95 Å². The average Bonchev–Trinajstić information content (AvgIpc) is 1.35. The lowest BCUT2D eigenvalue weighted by molar-refractivity contribution is 0.436. The molecule has 0 aliphatic carbocycles. The van der Waals surface area contributed by atoms with Gasteiger partial charge in [-0.3, -0.25) is 4.80 Å². The highest BCUT2D eigenvalue weighted by atomic mass is 79.9. The third-order valence-electron chi connectivity index (χ3n) is 0.322. The normalized spacial score (nSPS) is 12.0. The van der Waals surface area contributed by atoms with Crippen LogP contribution in [0.15, 0.2) is 0 Å². The molecule has 0 aromatic heterocycles. The van der Waals surface area contributed by atoms with E-state index in [4.69, 9.17) is 0 Å². The van der Waals surface area contributed by atoms with Crippen LogP contribution in [0.4, 0.5) is 0 Å². The Balaban J connectivity index is 3.17. The van der Waals surface area contributed by atoms with Crippen molar-refractivity contribution in [2.75, 3.05) is 4.95 Å². The fourth-order valence-corrected chi connectivity index (χ4v) is 0. The third kappa shape index (κ3) is 4.66. The summed E-state index contributed by atoms with van der Waals surface area (Å²) >= 11 is 3.12. The lowest BCUT2D eigenvalue weighted by atomic mass is 11.8. The summed E-state index contributed by atoms with van der Waals surface area (Å²) in [5.41, 5.74) is 0. The van der Waals surface area contributed by atoms with E-state index in [1.807, 2.05) is 0 Å². The van der Waals surface area contributed by atoms with E-state index in [1.54, 1.807) is 13.1 Å². The zero-order valence-electron chi connectivity index (χ0n) is 3.99. The first-order chi connectivity index (χ1) is 2.56. The number of alkyl halides is 1. The molecule has 0 unspecified atom stereocenters. The lowest BCUT2D eigenvalue weighted by Gasteiger charge is -2.01. The summed E-state index contributed by atoms with van der Waals surface area (Å²) in [6.07, 6.45) is 0. The minimum absolute atomic E-state index is 0.667. The van der Waals surface area contributed by atoms with Crippen LogP contribution in [0.2, 0.25) is 13.1 Å². The molecule has 0 aliphatic rings. The van der Waals surface area contributed by atoms with Crippen LogP contribution in [0, 0.1) is 0 Å². The average molecular weight is 168 g/mol. The molecule has 0 aliphatic heterocycles. The Morgan fingerprint density at radius 3 is 1.83 bits per heavy atom. The highest BCUT2D eigenvalue weighted by Gasteiger charge is 2.16. The molecule has 1 radical (unpaired) electrons. The van der Waals surface area contributed by atoms with Crippen molar-refractivity contribution in [1.82, 2.24) is 0 Å². The van der Waals surface area contributed by atoms with Crippen molar-refractivity contribution in [3.63, 3.8) is 0 Å². The van der Waals surface area contributed by atoms with Crippen LogP contribution in [0.5, 0.6) is 0 Å². The van der Waals surface area contributed by atoms with Gasteiger partial charge in [-0.15, -0.1) is 0 Å². The summed E-state index contributed by atoms with van der Waals surface area (Å²) in [6, 6.07) is 0. The summed E-state index contributed by atoms with van der Waals surface area (Å²) in [5.74, 6) is 0. The highest BCUT2D eigenvalue weighted by Crippen LogP contribution is 1.99. The monoisotopic (exact) mass is 167 g/mol. The molecule has 0 spiro atoms. The second-order valence-electron chi connectivity index (χ2n) is 1.89. The van der Waals surface area contributed by atoms with Gasteiger partial charge in [-0.25, -0.2) is 0 Å². The molecular weight excluding hydrogens is 160 g/mol. The van der Waals surface area contributed by atoms with Crippen molar-refractivity contribution in [1.29, 1.82) is 0 Å². The molecular formula is C3H8BrOSi. The first-order valence-electron chi connectivity index (χ1n) is 1.82. The van der Waals surface area contributed by atoms with E-state index >= 15 is 0 Å². The smallest absolute Gasteiger partial charge is 0.241 e. The summed E-state index contributed by atoms with van der Waals surface area (Å²) in [7, 11) is -1.96. The van der Waals surface area contributed by atoms with Crippen LogP contribution in [0.25, 0.3) is 0 Å². The molecule has 0 fully saturated rings. The van der Waals surface area contributed by atoms with E-state index in [0.717, 1.165) is 0 Å². The summed E-state index contributed by atoms with van der Waals surface area (Å²) < 4.78 is 0. The molecule has 0 atom stereocenters. The van der Waals surface area contributed by atoms with Gasteiger partial charge in [0.05, 0.1) is 0 Å². The number of halogens is 1. The summed E-state index contributed by atoms with van der Waals surface area (Å²) in [5, 5.41) is 0. The fourth-order valence-electron chi connectivity index (χ4n) is 0. The Labute approximate surface area is 47.6 Å². The van der Waals surface area contributed by atoms with Gasteiger partial charge in [0.2, 0.25) is 8.32 Å². The maximum Gasteiger partial charge on any atom is 0.241 e. The molecule has 0 saturated heterocycles. The van der Waals surface area contributed by atoms with Crippen LogP contribution in [0.3, 0.4) is 0 Å². The van der Waals surface area contributed by atoms with Crippen molar-refractivity contribution < 1.29 is 4.80 Å². The van der Waals surface area contributed by atoms with Gasteiger partial charge in [-0.2, -0.15) is 0 Å². The Hall–Kier alpha value is 0.657. The molecule has 0 aromatic rings. The van der Waals surface area contributed by atoms with Crippen LogP contribution >= 0.6 is 15.9 Å². The van der Waals surface area contributed by atoms with Gasteiger partial charge < -0.3 is 0 Å². The summed E-state index contributed by atoms with van der Waals surface area (Å²) in [6.45, 7) is 3.56. The largest absolute Gasteiger partial charge is 0.297 e. The minimum Gasteiger partial charge on any atom is -0.297 e. The van der Waals surface area contributed by atoms with Gasteiger partial charge in [0.1, 0.15) is 0 Å². The van der Waals surface area contributed by atoms with E-state index in [9.17, 15) is 4.80 Å². The van der Waals surface area contributed by atoms with Crippen molar-refractivity contribution in [2.24, 2.45) is 0 Å². The Kier molecular flexibility index (Phi) is 2.32. The molecule has 0 aromatic carbocycles. The molecule has 0 heterocycles. The predicted octanol–water partition coefficient (Wildman–Crippen LogP) is 1.56. The predicted molar refractivity (Wildman–Crippen MR) is 32.0 cm³/mol. The maximum absolute atomic E-state index is 10.6. The van der Waals surface area contributed by atoms with E-state index in [0.29, 0.717) is 4.95 Å². The third-order valence-corrected chi connectivity index (χ3v) is 5.02. The number of hydrogen-bond acceptors (Lipinski definition) is 0. The van der Waals surface area contributed by atoms with Crippen LogP contribution < -0.4 is 0 Å².